The molecular weight excluding hydrogens is 192 g/mol. The molecule has 0 aromatic carbocycles. The highest BCUT2D eigenvalue weighted by molar-refractivity contribution is 7.14. The van der Waals surface area contributed by atoms with Crippen LogP contribution in [0.25, 0.3) is 0 Å². The van der Waals surface area contributed by atoms with Gasteiger partial charge < -0.3 is 0 Å². The van der Waals surface area contributed by atoms with E-state index in [1.54, 1.807) is 11.3 Å². The summed E-state index contributed by atoms with van der Waals surface area (Å²) >= 11 is 1.65. The molecule has 1 nitrogen and oxygen atoms in total. The van der Waals surface area contributed by atoms with Crippen LogP contribution in [-0.4, -0.2) is 6.29 Å². The van der Waals surface area contributed by atoms with Crippen LogP contribution in [0.4, 0.5) is 0 Å². The molecule has 14 heavy (non-hydrogen) atoms. The van der Waals surface area contributed by atoms with Crippen LogP contribution in [0, 0.1) is 6.92 Å². The molecule has 1 rings (SSSR count). The van der Waals surface area contributed by atoms with E-state index in [1.807, 2.05) is 0 Å². The fraction of sp³-hybridized carbons (Fsp3) is 0.583. The number of hydrogen-bond donors (Lipinski definition) is 0. The fourth-order valence-corrected chi connectivity index (χ4v) is 2.92. The lowest BCUT2D eigenvalue weighted by Gasteiger charge is -2.03. The van der Waals surface area contributed by atoms with Gasteiger partial charge in [0.15, 0.2) is 6.29 Å². The Morgan fingerprint density at radius 2 is 1.71 bits per heavy atom. The molecule has 0 aliphatic carbocycles. The maximum atomic E-state index is 10.9. The number of carbonyl (C=O) groups excluding carboxylic acids is 1. The van der Waals surface area contributed by atoms with Crippen LogP contribution in [0.15, 0.2) is 0 Å². The molecule has 0 radical (unpaired) electrons. The van der Waals surface area contributed by atoms with E-state index in [9.17, 15) is 4.79 Å². The number of hydrogen-bond acceptors (Lipinski definition) is 2. The summed E-state index contributed by atoms with van der Waals surface area (Å²) in [5.41, 5.74) is 2.74. The molecule has 0 amide bonds. The Hall–Kier alpha value is -0.630. The average Bonchev–Trinajstić information content (AvgIpc) is 2.47. The molecule has 0 fully saturated rings. The molecule has 1 aromatic rings. The molecule has 78 valence electrons. The second-order valence-electron chi connectivity index (χ2n) is 3.60. The molecular formula is C12H18OS. The number of aldehydes is 1. The van der Waals surface area contributed by atoms with E-state index in [-0.39, 0.29) is 0 Å². The van der Waals surface area contributed by atoms with Gasteiger partial charge in [-0.1, -0.05) is 26.7 Å². The fourth-order valence-electron chi connectivity index (χ4n) is 1.85. The van der Waals surface area contributed by atoms with Crippen molar-refractivity contribution in [2.75, 3.05) is 0 Å². The third kappa shape index (κ3) is 2.24. The number of carbonyl (C=O) groups is 1. The zero-order valence-corrected chi connectivity index (χ0v) is 10.0. The number of aryl methyl sites for hydroxylation is 1. The summed E-state index contributed by atoms with van der Waals surface area (Å²) in [4.78, 5) is 13.2. The first-order valence-electron chi connectivity index (χ1n) is 5.30. The summed E-state index contributed by atoms with van der Waals surface area (Å²) < 4.78 is 0. The van der Waals surface area contributed by atoms with Gasteiger partial charge in [-0.25, -0.2) is 0 Å². The van der Waals surface area contributed by atoms with Crippen molar-refractivity contribution in [2.24, 2.45) is 0 Å². The Kier molecular flexibility index (Phi) is 4.33. The zero-order chi connectivity index (χ0) is 10.6. The summed E-state index contributed by atoms with van der Waals surface area (Å²) in [5.74, 6) is 0. The summed E-state index contributed by atoms with van der Waals surface area (Å²) in [6, 6.07) is 0. The minimum atomic E-state index is 0.952. The van der Waals surface area contributed by atoms with Crippen LogP contribution >= 0.6 is 11.3 Å². The van der Waals surface area contributed by atoms with Crippen LogP contribution in [0.5, 0.6) is 0 Å². The van der Waals surface area contributed by atoms with Crippen LogP contribution in [0.1, 0.15) is 52.4 Å². The van der Waals surface area contributed by atoms with E-state index in [0.29, 0.717) is 0 Å². The molecule has 2 heteroatoms. The van der Waals surface area contributed by atoms with Crippen LogP contribution in [-0.2, 0) is 12.8 Å². The van der Waals surface area contributed by atoms with Crippen molar-refractivity contribution in [3.8, 4) is 0 Å². The molecule has 0 atom stereocenters. The summed E-state index contributed by atoms with van der Waals surface area (Å²) in [5, 5.41) is 0. The Morgan fingerprint density at radius 3 is 2.21 bits per heavy atom. The van der Waals surface area contributed by atoms with E-state index < -0.39 is 0 Å². The number of rotatable bonds is 5. The SMILES string of the molecule is CCCc1c(C)sc(C=O)c1CCC. The Bertz CT molecular complexity index is 312. The quantitative estimate of drug-likeness (QED) is 0.676. The van der Waals surface area contributed by atoms with E-state index >= 15 is 0 Å². The molecule has 1 aromatic heterocycles. The molecule has 0 saturated heterocycles. The van der Waals surface area contributed by atoms with Gasteiger partial charge in [0.2, 0.25) is 0 Å². The summed E-state index contributed by atoms with van der Waals surface area (Å²) in [6.07, 6.45) is 5.46. The van der Waals surface area contributed by atoms with E-state index in [4.69, 9.17) is 0 Å². The maximum Gasteiger partial charge on any atom is 0.160 e. The van der Waals surface area contributed by atoms with Gasteiger partial charge in [0.05, 0.1) is 4.88 Å². The Balaban J connectivity index is 3.09. The lowest BCUT2D eigenvalue weighted by molar-refractivity contribution is 0.112. The first-order chi connectivity index (χ1) is 6.74. The van der Waals surface area contributed by atoms with Crippen molar-refractivity contribution < 1.29 is 4.79 Å². The second-order valence-corrected chi connectivity index (χ2v) is 4.85. The Labute approximate surface area is 90.2 Å². The van der Waals surface area contributed by atoms with Crippen molar-refractivity contribution in [3.05, 3.63) is 20.9 Å². The van der Waals surface area contributed by atoms with Crippen LogP contribution in [0.3, 0.4) is 0 Å². The zero-order valence-electron chi connectivity index (χ0n) is 9.22. The lowest BCUT2D eigenvalue weighted by Crippen LogP contribution is -1.93. The van der Waals surface area contributed by atoms with Gasteiger partial charge >= 0.3 is 0 Å². The van der Waals surface area contributed by atoms with Gasteiger partial charge in [-0.15, -0.1) is 11.3 Å². The highest BCUT2D eigenvalue weighted by atomic mass is 32.1. The molecule has 0 N–H and O–H groups in total. The molecule has 0 aliphatic rings. The highest BCUT2D eigenvalue weighted by Gasteiger charge is 2.13. The summed E-state index contributed by atoms with van der Waals surface area (Å²) in [6.45, 7) is 6.48. The molecule has 0 aliphatic heterocycles. The molecule has 0 unspecified atom stereocenters. The van der Waals surface area contributed by atoms with Crippen molar-refractivity contribution in [1.29, 1.82) is 0 Å². The van der Waals surface area contributed by atoms with E-state index in [2.05, 4.69) is 20.8 Å². The van der Waals surface area contributed by atoms with E-state index in [0.717, 1.165) is 36.8 Å². The van der Waals surface area contributed by atoms with Gasteiger partial charge in [-0.3, -0.25) is 4.79 Å². The normalized spacial score (nSPS) is 10.5. The summed E-state index contributed by atoms with van der Waals surface area (Å²) in [7, 11) is 0. The lowest BCUT2D eigenvalue weighted by atomic mass is 10.0. The maximum absolute atomic E-state index is 10.9. The number of thiophene rings is 1. The van der Waals surface area contributed by atoms with Gasteiger partial charge in [-0.2, -0.15) is 0 Å². The topological polar surface area (TPSA) is 17.1 Å². The first kappa shape index (κ1) is 11.4. The first-order valence-corrected chi connectivity index (χ1v) is 6.12. The van der Waals surface area contributed by atoms with Gasteiger partial charge in [0.25, 0.3) is 0 Å². The van der Waals surface area contributed by atoms with Gasteiger partial charge in [0.1, 0.15) is 0 Å². The average molecular weight is 210 g/mol. The van der Waals surface area contributed by atoms with Crippen LogP contribution in [0.2, 0.25) is 0 Å². The smallest absolute Gasteiger partial charge is 0.160 e. The molecule has 1 heterocycles. The van der Waals surface area contributed by atoms with Crippen molar-refractivity contribution in [3.63, 3.8) is 0 Å². The van der Waals surface area contributed by atoms with Gasteiger partial charge in [0, 0.05) is 4.88 Å². The largest absolute Gasteiger partial charge is 0.297 e. The second kappa shape index (κ2) is 5.30. The predicted molar refractivity (Wildman–Crippen MR) is 62.4 cm³/mol. The molecule has 0 spiro atoms. The minimum absolute atomic E-state index is 0.952. The van der Waals surface area contributed by atoms with Crippen molar-refractivity contribution in [1.82, 2.24) is 0 Å². The third-order valence-corrected chi connectivity index (χ3v) is 3.57. The van der Waals surface area contributed by atoms with Crippen molar-refractivity contribution >= 4 is 17.6 Å². The molecule has 0 bridgehead atoms. The van der Waals surface area contributed by atoms with Gasteiger partial charge in [-0.05, 0) is 30.9 Å². The predicted octanol–water partition coefficient (Wildman–Crippen LogP) is 3.77. The molecule has 0 saturated carbocycles. The van der Waals surface area contributed by atoms with E-state index in [1.165, 1.54) is 16.0 Å². The minimum Gasteiger partial charge on any atom is -0.297 e. The Morgan fingerprint density at radius 1 is 1.14 bits per heavy atom. The third-order valence-electron chi connectivity index (χ3n) is 2.46. The van der Waals surface area contributed by atoms with Crippen LogP contribution < -0.4 is 0 Å². The van der Waals surface area contributed by atoms with Crippen molar-refractivity contribution in [2.45, 2.75) is 46.5 Å². The highest BCUT2D eigenvalue weighted by Crippen LogP contribution is 2.29. The monoisotopic (exact) mass is 210 g/mol. The standard InChI is InChI=1S/C12H18OS/c1-4-6-10-9(3)14-12(8-13)11(10)7-5-2/h8H,4-7H2,1-3H3.